The summed E-state index contributed by atoms with van der Waals surface area (Å²) in [5.74, 6) is 2.80. The molecule has 4 nitrogen and oxygen atoms in total. The fourth-order valence-electron chi connectivity index (χ4n) is 1.94. The number of hydrogen-bond acceptors (Lipinski definition) is 3. The molecule has 0 atom stereocenters. The van der Waals surface area contributed by atoms with E-state index in [1.165, 1.54) is 4.31 Å². The van der Waals surface area contributed by atoms with Crippen molar-refractivity contribution in [1.82, 2.24) is 4.31 Å². The lowest BCUT2D eigenvalue weighted by Crippen LogP contribution is -2.34. The van der Waals surface area contributed by atoms with E-state index in [0.29, 0.717) is 23.6 Å². The summed E-state index contributed by atoms with van der Waals surface area (Å²) in [5, 5.41) is 8.73. The van der Waals surface area contributed by atoms with Gasteiger partial charge >= 0.3 is 0 Å². The normalized spacial score (nSPS) is 14.8. The van der Waals surface area contributed by atoms with Crippen LogP contribution in [-0.4, -0.2) is 25.8 Å². The Labute approximate surface area is 120 Å². The van der Waals surface area contributed by atoms with Gasteiger partial charge in [0, 0.05) is 6.54 Å². The van der Waals surface area contributed by atoms with Crippen LogP contribution in [-0.2, 0) is 15.8 Å². The van der Waals surface area contributed by atoms with Gasteiger partial charge in [-0.25, -0.2) is 8.42 Å². The van der Waals surface area contributed by atoms with E-state index in [0.717, 1.165) is 12.8 Å². The minimum Gasteiger partial charge on any atom is -0.212 e. The van der Waals surface area contributed by atoms with Gasteiger partial charge in [-0.15, -0.1) is 6.42 Å². The smallest absolute Gasteiger partial charge is 0.212 e. The summed E-state index contributed by atoms with van der Waals surface area (Å²) in [6, 6.07) is 8.59. The summed E-state index contributed by atoms with van der Waals surface area (Å²) in [5.41, 5.74) is 1.19. The quantitative estimate of drug-likeness (QED) is 0.749. The first-order valence-corrected chi connectivity index (χ1v) is 8.06. The Balaban J connectivity index is 2.10. The molecular formula is C15H16N2O2S. The number of nitriles is 1. The van der Waals surface area contributed by atoms with Crippen LogP contribution in [0.15, 0.2) is 24.3 Å². The van der Waals surface area contributed by atoms with Gasteiger partial charge < -0.3 is 0 Å². The fraction of sp³-hybridized carbons (Fsp3) is 0.400. The van der Waals surface area contributed by atoms with Crippen LogP contribution < -0.4 is 0 Å². The van der Waals surface area contributed by atoms with E-state index in [4.69, 9.17) is 11.7 Å². The molecule has 1 aliphatic carbocycles. The van der Waals surface area contributed by atoms with Gasteiger partial charge in [-0.1, -0.05) is 18.1 Å². The number of nitrogens with zero attached hydrogens (tertiary/aromatic N) is 2. The molecule has 0 heterocycles. The zero-order valence-electron chi connectivity index (χ0n) is 11.1. The van der Waals surface area contributed by atoms with Crippen molar-refractivity contribution in [3.8, 4) is 18.4 Å². The minimum atomic E-state index is -3.40. The van der Waals surface area contributed by atoms with Crippen molar-refractivity contribution in [3.05, 3.63) is 35.4 Å². The highest BCUT2D eigenvalue weighted by molar-refractivity contribution is 7.88. The molecule has 0 spiro atoms. The van der Waals surface area contributed by atoms with Gasteiger partial charge in [-0.3, -0.25) is 0 Å². The van der Waals surface area contributed by atoms with Crippen molar-refractivity contribution in [2.45, 2.75) is 18.6 Å². The van der Waals surface area contributed by atoms with Crippen LogP contribution in [0.25, 0.3) is 0 Å². The van der Waals surface area contributed by atoms with Crippen molar-refractivity contribution in [3.63, 3.8) is 0 Å². The summed E-state index contributed by atoms with van der Waals surface area (Å²) in [7, 11) is -3.40. The Morgan fingerprint density at radius 1 is 1.30 bits per heavy atom. The van der Waals surface area contributed by atoms with E-state index >= 15 is 0 Å². The Hall–Kier alpha value is -1.82. The molecule has 0 amide bonds. The largest absolute Gasteiger partial charge is 0.219 e. The van der Waals surface area contributed by atoms with E-state index in [9.17, 15) is 8.42 Å². The third kappa shape index (κ3) is 3.84. The van der Waals surface area contributed by atoms with Crippen molar-refractivity contribution < 1.29 is 8.42 Å². The van der Waals surface area contributed by atoms with Crippen LogP contribution >= 0.6 is 0 Å². The standard InChI is InChI=1S/C15H16N2O2S/c1-2-9-17(11-14-5-6-14)20(18,19)12-15-7-3-13(10-16)4-8-15/h1,3-4,7-8,14H,5-6,9,11-12H2. The van der Waals surface area contributed by atoms with E-state index in [-0.39, 0.29) is 12.3 Å². The minimum absolute atomic E-state index is 0.0763. The lowest BCUT2D eigenvalue weighted by molar-refractivity contribution is 0.429. The topological polar surface area (TPSA) is 61.2 Å². The lowest BCUT2D eigenvalue weighted by atomic mass is 10.2. The highest BCUT2D eigenvalue weighted by Crippen LogP contribution is 2.30. The molecule has 0 aromatic heterocycles. The van der Waals surface area contributed by atoms with Crippen LogP contribution in [0, 0.1) is 29.6 Å². The summed E-state index contributed by atoms with van der Waals surface area (Å²) in [6.45, 7) is 0.637. The molecule has 0 aliphatic heterocycles. The molecule has 1 aliphatic rings. The summed E-state index contributed by atoms with van der Waals surface area (Å²) in [4.78, 5) is 0. The van der Waals surface area contributed by atoms with Crippen LogP contribution in [0.5, 0.6) is 0 Å². The predicted molar refractivity (Wildman–Crippen MR) is 76.9 cm³/mol. The summed E-state index contributed by atoms with van der Waals surface area (Å²) < 4.78 is 26.1. The molecular weight excluding hydrogens is 272 g/mol. The highest BCUT2D eigenvalue weighted by atomic mass is 32.2. The summed E-state index contributed by atoms with van der Waals surface area (Å²) in [6.07, 6.45) is 7.42. The number of terminal acetylenes is 1. The van der Waals surface area contributed by atoms with E-state index in [1.54, 1.807) is 24.3 Å². The number of hydrogen-bond donors (Lipinski definition) is 0. The third-order valence-corrected chi connectivity index (χ3v) is 5.01. The number of benzene rings is 1. The monoisotopic (exact) mass is 288 g/mol. The Bertz CT molecular complexity index is 647. The molecule has 20 heavy (non-hydrogen) atoms. The molecule has 0 bridgehead atoms. The SMILES string of the molecule is C#CCN(CC1CC1)S(=O)(=O)Cc1ccc(C#N)cc1. The molecule has 1 fully saturated rings. The molecule has 0 unspecified atom stereocenters. The second kappa shape index (κ2) is 6.09. The van der Waals surface area contributed by atoms with Crippen LogP contribution in [0.2, 0.25) is 0 Å². The number of rotatable bonds is 6. The predicted octanol–water partition coefficient (Wildman–Crippen LogP) is 1.73. The van der Waals surface area contributed by atoms with Gasteiger partial charge in [0.1, 0.15) is 0 Å². The van der Waals surface area contributed by atoms with Gasteiger partial charge in [0.05, 0.1) is 23.9 Å². The molecule has 0 N–H and O–H groups in total. The van der Waals surface area contributed by atoms with Crippen molar-refractivity contribution >= 4 is 10.0 Å². The van der Waals surface area contributed by atoms with Crippen LogP contribution in [0.1, 0.15) is 24.0 Å². The van der Waals surface area contributed by atoms with Gasteiger partial charge in [0.25, 0.3) is 0 Å². The zero-order chi connectivity index (χ0) is 14.6. The maximum atomic E-state index is 12.4. The molecule has 1 aromatic carbocycles. The average molecular weight is 288 g/mol. The van der Waals surface area contributed by atoms with E-state index in [2.05, 4.69) is 5.92 Å². The highest BCUT2D eigenvalue weighted by Gasteiger charge is 2.30. The first kappa shape index (κ1) is 14.6. The van der Waals surface area contributed by atoms with Crippen molar-refractivity contribution in [2.24, 2.45) is 5.92 Å². The van der Waals surface area contributed by atoms with E-state index < -0.39 is 10.0 Å². The molecule has 1 aromatic rings. The lowest BCUT2D eigenvalue weighted by Gasteiger charge is -2.19. The second-order valence-electron chi connectivity index (χ2n) is 5.00. The van der Waals surface area contributed by atoms with Crippen molar-refractivity contribution in [1.29, 1.82) is 5.26 Å². The van der Waals surface area contributed by atoms with Crippen molar-refractivity contribution in [2.75, 3.05) is 13.1 Å². The van der Waals surface area contributed by atoms with Crippen LogP contribution in [0.3, 0.4) is 0 Å². The van der Waals surface area contributed by atoms with E-state index in [1.807, 2.05) is 6.07 Å². The molecule has 1 saturated carbocycles. The zero-order valence-corrected chi connectivity index (χ0v) is 11.9. The molecule has 104 valence electrons. The third-order valence-electron chi connectivity index (χ3n) is 3.25. The molecule has 0 saturated heterocycles. The molecule has 0 radical (unpaired) electrons. The van der Waals surface area contributed by atoms with Crippen LogP contribution in [0.4, 0.5) is 0 Å². The van der Waals surface area contributed by atoms with Gasteiger partial charge in [0.2, 0.25) is 10.0 Å². The number of sulfonamides is 1. The van der Waals surface area contributed by atoms with Gasteiger partial charge in [-0.2, -0.15) is 9.57 Å². The first-order valence-electron chi connectivity index (χ1n) is 6.45. The second-order valence-corrected chi connectivity index (χ2v) is 6.97. The Morgan fingerprint density at radius 3 is 2.45 bits per heavy atom. The summed E-state index contributed by atoms with van der Waals surface area (Å²) >= 11 is 0. The maximum Gasteiger partial charge on any atom is 0.219 e. The Morgan fingerprint density at radius 2 is 1.95 bits per heavy atom. The molecule has 2 rings (SSSR count). The first-order chi connectivity index (χ1) is 9.55. The molecule has 5 heteroatoms. The fourth-order valence-corrected chi connectivity index (χ4v) is 3.45. The average Bonchev–Trinajstić information content (AvgIpc) is 3.23. The maximum absolute atomic E-state index is 12.4. The van der Waals surface area contributed by atoms with Gasteiger partial charge in [-0.05, 0) is 36.5 Å². The van der Waals surface area contributed by atoms with Gasteiger partial charge in [0.15, 0.2) is 0 Å². The Kier molecular flexibility index (Phi) is 4.44.